The number of nitrogens with zero attached hydrogens (tertiary/aromatic N) is 3. The minimum Gasteiger partial charge on any atom is -0.359 e. The van der Waals surface area contributed by atoms with Crippen molar-refractivity contribution in [1.29, 1.82) is 0 Å². The van der Waals surface area contributed by atoms with E-state index in [4.69, 9.17) is 0 Å². The maximum atomic E-state index is 11.2. The van der Waals surface area contributed by atoms with Gasteiger partial charge in [0.25, 0.3) is 0 Å². The first-order valence-electron chi connectivity index (χ1n) is 7.00. The highest BCUT2D eigenvalue weighted by molar-refractivity contribution is 5.62. The fourth-order valence-corrected chi connectivity index (χ4v) is 2.31. The summed E-state index contributed by atoms with van der Waals surface area (Å²) >= 11 is 0. The molecule has 1 aliphatic rings. The van der Waals surface area contributed by atoms with Gasteiger partial charge in [0.1, 0.15) is 5.69 Å². The molecule has 1 aliphatic carbocycles. The molecule has 1 fully saturated rings. The van der Waals surface area contributed by atoms with Crippen LogP contribution in [0.1, 0.15) is 45.2 Å². The molecule has 0 unspecified atom stereocenters. The second-order valence-corrected chi connectivity index (χ2v) is 5.55. The second-order valence-electron chi connectivity index (χ2n) is 5.55. The fraction of sp³-hybridized carbons (Fsp3) is 0.692. The van der Waals surface area contributed by atoms with Crippen LogP contribution in [0.5, 0.6) is 0 Å². The summed E-state index contributed by atoms with van der Waals surface area (Å²) in [4.78, 5) is 19.3. The summed E-state index contributed by atoms with van der Waals surface area (Å²) in [5.41, 5.74) is 0.266. The Labute approximate surface area is 118 Å². The van der Waals surface area contributed by atoms with Gasteiger partial charge in [-0.25, -0.2) is 4.98 Å². The van der Waals surface area contributed by atoms with E-state index in [0.29, 0.717) is 17.5 Å². The first kappa shape index (κ1) is 14.5. The lowest BCUT2D eigenvalue weighted by atomic mass is 9.78. The lowest BCUT2D eigenvalue weighted by molar-refractivity contribution is -0.385. The molecule has 1 aromatic rings. The van der Waals surface area contributed by atoms with Gasteiger partial charge in [-0.3, -0.25) is 10.1 Å². The number of nitrogens with one attached hydrogen (secondary N) is 2. The normalized spacial score (nSPS) is 16.4. The number of rotatable bonds is 6. The zero-order chi connectivity index (χ0) is 14.8. The van der Waals surface area contributed by atoms with E-state index in [1.54, 1.807) is 6.92 Å². The molecule has 0 atom stereocenters. The van der Waals surface area contributed by atoms with Crippen molar-refractivity contribution in [1.82, 2.24) is 9.97 Å². The molecular formula is C13H21N5O2. The molecule has 0 aromatic carbocycles. The molecule has 1 heterocycles. The summed E-state index contributed by atoms with van der Waals surface area (Å²) in [7, 11) is 0. The number of nitro groups is 1. The molecule has 0 saturated heterocycles. The van der Waals surface area contributed by atoms with Gasteiger partial charge in [0.05, 0.1) is 4.92 Å². The minimum absolute atomic E-state index is 0.0276. The van der Waals surface area contributed by atoms with E-state index in [2.05, 4.69) is 27.5 Å². The Hall–Kier alpha value is -1.92. The van der Waals surface area contributed by atoms with E-state index in [-0.39, 0.29) is 11.2 Å². The molecule has 2 rings (SSSR count). The standard InChI is InChI=1S/C13H21N5O2/c1-4-8-14-12-15-9(2)10(18(19)20)11(16-12)17-13(3)6-5-7-13/h4-8H2,1-3H3,(H2,14,15,16,17). The zero-order valence-electron chi connectivity index (χ0n) is 12.2. The number of aromatic nitrogens is 2. The smallest absolute Gasteiger partial charge is 0.332 e. The predicted molar refractivity (Wildman–Crippen MR) is 78.1 cm³/mol. The summed E-state index contributed by atoms with van der Waals surface area (Å²) in [5.74, 6) is 0.767. The van der Waals surface area contributed by atoms with E-state index < -0.39 is 4.92 Å². The third-order valence-electron chi connectivity index (χ3n) is 3.65. The van der Waals surface area contributed by atoms with Crippen LogP contribution in [0.15, 0.2) is 0 Å². The van der Waals surface area contributed by atoms with Crippen LogP contribution >= 0.6 is 0 Å². The lowest BCUT2D eigenvalue weighted by Crippen LogP contribution is -2.42. The fourth-order valence-electron chi connectivity index (χ4n) is 2.31. The quantitative estimate of drug-likeness (QED) is 0.614. The molecule has 2 N–H and O–H groups in total. The first-order chi connectivity index (χ1) is 9.45. The summed E-state index contributed by atoms with van der Waals surface area (Å²) < 4.78 is 0. The van der Waals surface area contributed by atoms with E-state index in [0.717, 1.165) is 32.2 Å². The van der Waals surface area contributed by atoms with Crippen molar-refractivity contribution in [3.05, 3.63) is 15.8 Å². The van der Waals surface area contributed by atoms with Crippen LogP contribution in [0, 0.1) is 17.0 Å². The highest BCUT2D eigenvalue weighted by atomic mass is 16.6. The van der Waals surface area contributed by atoms with Crippen molar-refractivity contribution in [3.63, 3.8) is 0 Å². The van der Waals surface area contributed by atoms with Crippen molar-refractivity contribution in [2.24, 2.45) is 0 Å². The van der Waals surface area contributed by atoms with Crippen LogP contribution in [0.25, 0.3) is 0 Å². The molecule has 0 amide bonds. The molecule has 7 nitrogen and oxygen atoms in total. The average Bonchev–Trinajstić information content (AvgIpc) is 2.33. The van der Waals surface area contributed by atoms with Crippen molar-refractivity contribution in [2.45, 2.75) is 52.0 Å². The number of hydrogen-bond donors (Lipinski definition) is 2. The zero-order valence-corrected chi connectivity index (χ0v) is 12.2. The second kappa shape index (κ2) is 5.60. The molecule has 110 valence electrons. The number of anilines is 2. The van der Waals surface area contributed by atoms with Crippen molar-refractivity contribution in [2.75, 3.05) is 17.2 Å². The monoisotopic (exact) mass is 279 g/mol. The SMILES string of the molecule is CCCNc1nc(C)c([N+](=O)[O-])c(NC2(C)CCC2)n1. The molecule has 0 bridgehead atoms. The molecule has 0 radical (unpaired) electrons. The molecule has 7 heteroatoms. The maximum absolute atomic E-state index is 11.2. The van der Waals surface area contributed by atoms with Gasteiger partial charge < -0.3 is 10.6 Å². The Kier molecular flexibility index (Phi) is 4.06. The van der Waals surface area contributed by atoms with Crippen molar-refractivity contribution >= 4 is 17.5 Å². The highest BCUT2D eigenvalue weighted by Gasteiger charge is 2.35. The van der Waals surface area contributed by atoms with E-state index >= 15 is 0 Å². The Bertz CT molecular complexity index is 514. The third kappa shape index (κ3) is 2.97. The van der Waals surface area contributed by atoms with Gasteiger partial charge in [0.2, 0.25) is 11.8 Å². The van der Waals surface area contributed by atoms with E-state index in [1.807, 2.05) is 6.92 Å². The molecule has 1 saturated carbocycles. The van der Waals surface area contributed by atoms with Gasteiger partial charge in [-0.15, -0.1) is 0 Å². The molecule has 0 aliphatic heterocycles. The van der Waals surface area contributed by atoms with Gasteiger partial charge in [-0.1, -0.05) is 6.92 Å². The summed E-state index contributed by atoms with van der Waals surface area (Å²) in [6.45, 7) is 6.50. The largest absolute Gasteiger partial charge is 0.359 e. The van der Waals surface area contributed by atoms with Gasteiger partial charge in [0.15, 0.2) is 0 Å². The van der Waals surface area contributed by atoms with Crippen molar-refractivity contribution < 1.29 is 4.92 Å². The third-order valence-corrected chi connectivity index (χ3v) is 3.65. The molecule has 20 heavy (non-hydrogen) atoms. The lowest BCUT2D eigenvalue weighted by Gasteiger charge is -2.39. The minimum atomic E-state index is -0.413. The molecular weight excluding hydrogens is 258 g/mol. The number of aryl methyl sites for hydroxylation is 1. The Morgan fingerprint density at radius 1 is 1.40 bits per heavy atom. The van der Waals surface area contributed by atoms with Crippen LogP contribution in [-0.4, -0.2) is 27.0 Å². The first-order valence-corrected chi connectivity index (χ1v) is 7.00. The van der Waals surface area contributed by atoms with Crippen LogP contribution in [0.2, 0.25) is 0 Å². The number of hydrogen-bond acceptors (Lipinski definition) is 6. The molecule has 1 aromatic heterocycles. The van der Waals surface area contributed by atoms with Gasteiger partial charge in [-0.05, 0) is 39.5 Å². The Balaban J connectivity index is 2.33. The average molecular weight is 279 g/mol. The van der Waals surface area contributed by atoms with Crippen LogP contribution < -0.4 is 10.6 Å². The topological polar surface area (TPSA) is 93.0 Å². The highest BCUT2D eigenvalue weighted by Crippen LogP contribution is 2.37. The maximum Gasteiger partial charge on any atom is 0.332 e. The van der Waals surface area contributed by atoms with Gasteiger partial charge in [0, 0.05) is 12.1 Å². The van der Waals surface area contributed by atoms with Crippen LogP contribution in [-0.2, 0) is 0 Å². The molecule has 0 spiro atoms. The summed E-state index contributed by atoms with van der Waals surface area (Å²) in [6, 6.07) is 0. The van der Waals surface area contributed by atoms with Crippen molar-refractivity contribution in [3.8, 4) is 0 Å². The predicted octanol–water partition coefficient (Wildman–Crippen LogP) is 2.87. The van der Waals surface area contributed by atoms with Gasteiger partial charge >= 0.3 is 5.69 Å². The van der Waals surface area contributed by atoms with E-state index in [9.17, 15) is 10.1 Å². The summed E-state index contributed by atoms with van der Waals surface area (Å²) in [5, 5.41) is 17.5. The Morgan fingerprint density at radius 2 is 2.10 bits per heavy atom. The van der Waals surface area contributed by atoms with Gasteiger partial charge in [-0.2, -0.15) is 4.98 Å². The van der Waals surface area contributed by atoms with E-state index in [1.165, 1.54) is 0 Å². The summed E-state index contributed by atoms with van der Waals surface area (Å²) in [6.07, 6.45) is 4.10. The van der Waals surface area contributed by atoms with Crippen LogP contribution in [0.3, 0.4) is 0 Å². The Morgan fingerprint density at radius 3 is 2.60 bits per heavy atom. The van der Waals surface area contributed by atoms with Crippen LogP contribution in [0.4, 0.5) is 17.5 Å².